The summed E-state index contributed by atoms with van der Waals surface area (Å²) in [5.41, 5.74) is 2.85. The molecule has 1 fully saturated rings. The number of hydrogen-bond acceptors (Lipinski definition) is 6. The van der Waals surface area contributed by atoms with Gasteiger partial charge in [-0.15, -0.1) is 0 Å². The van der Waals surface area contributed by atoms with Gasteiger partial charge in [0, 0.05) is 37.1 Å². The number of hydrogen-bond donors (Lipinski definition) is 2. The van der Waals surface area contributed by atoms with Gasteiger partial charge in [-0.05, 0) is 87.4 Å². The third-order valence-electron chi connectivity index (χ3n) is 7.38. The Morgan fingerprint density at radius 3 is 2.89 bits per heavy atom. The van der Waals surface area contributed by atoms with E-state index in [1.165, 1.54) is 5.69 Å². The number of carbonyl (C=O) groups is 1. The van der Waals surface area contributed by atoms with Crippen molar-refractivity contribution in [1.82, 2.24) is 19.4 Å². The van der Waals surface area contributed by atoms with Gasteiger partial charge in [0.1, 0.15) is 5.75 Å². The molecule has 0 unspecified atom stereocenters. The molecule has 1 saturated heterocycles. The van der Waals surface area contributed by atoms with Crippen molar-refractivity contribution in [3.05, 3.63) is 54.2 Å². The Bertz CT molecular complexity index is 1130. The molecule has 0 saturated carbocycles. The van der Waals surface area contributed by atoms with Crippen molar-refractivity contribution in [3.8, 4) is 5.75 Å². The first kappa shape index (κ1) is 25.1. The highest BCUT2D eigenvalue weighted by Gasteiger charge is 2.34. The molecule has 0 bridgehead atoms. The molecule has 0 aliphatic carbocycles. The average Bonchev–Trinajstić information content (AvgIpc) is 3.29. The molecule has 0 amide bonds. The molecule has 0 spiro atoms. The van der Waals surface area contributed by atoms with Gasteiger partial charge in [0.05, 0.1) is 31.0 Å². The third-order valence-corrected chi connectivity index (χ3v) is 7.38. The lowest BCUT2D eigenvalue weighted by molar-refractivity contribution is -0.146. The number of ether oxygens (including phenoxy) is 1. The van der Waals surface area contributed by atoms with Crippen LogP contribution in [0.4, 0.5) is 0 Å². The van der Waals surface area contributed by atoms with Crippen LogP contribution in [0.1, 0.15) is 49.5 Å². The number of rotatable bonds is 11. The number of likely N-dealkylation sites (tertiary alicyclic amines) is 1. The number of aliphatic hydroxyl groups excluding tert-OH is 1. The van der Waals surface area contributed by atoms with Crippen LogP contribution in [0.3, 0.4) is 0 Å². The fourth-order valence-electron chi connectivity index (χ4n) is 5.26. The monoisotopic (exact) mass is 480 g/mol. The highest BCUT2D eigenvalue weighted by Crippen LogP contribution is 2.33. The lowest BCUT2D eigenvalue weighted by Gasteiger charge is -2.37. The number of nitrogens with zero attached hydrogens (tertiary/aromatic N) is 4. The normalized spacial score (nSPS) is 19.6. The number of aromatic nitrogens is 3. The summed E-state index contributed by atoms with van der Waals surface area (Å²) < 4.78 is 7.39. The Morgan fingerprint density at radius 2 is 2.14 bits per heavy atom. The number of aliphatic carboxylic acids is 1. The van der Waals surface area contributed by atoms with Crippen LogP contribution in [-0.4, -0.2) is 62.4 Å². The summed E-state index contributed by atoms with van der Waals surface area (Å²) in [4.78, 5) is 22.9. The fraction of sp³-hybridized carbons (Fsp3) is 0.519. The van der Waals surface area contributed by atoms with Gasteiger partial charge in [-0.25, -0.2) is 4.98 Å². The molecule has 188 valence electrons. The van der Waals surface area contributed by atoms with Crippen molar-refractivity contribution in [2.75, 3.05) is 26.7 Å². The Kier molecular flexibility index (Phi) is 8.36. The zero-order chi connectivity index (χ0) is 24.8. The topological polar surface area (TPSA) is 101 Å². The zero-order valence-electron chi connectivity index (χ0n) is 20.6. The molecule has 8 nitrogen and oxygen atoms in total. The van der Waals surface area contributed by atoms with Crippen LogP contribution in [0.25, 0.3) is 10.9 Å². The maximum Gasteiger partial charge on any atom is 0.308 e. The Morgan fingerprint density at radius 1 is 1.29 bits per heavy atom. The number of carboxylic acid groups (broad SMARTS) is 1. The van der Waals surface area contributed by atoms with E-state index in [1.807, 2.05) is 48.4 Å². The van der Waals surface area contributed by atoms with Gasteiger partial charge >= 0.3 is 5.97 Å². The molecule has 1 aliphatic heterocycles. The number of aliphatic hydroxyl groups is 1. The van der Waals surface area contributed by atoms with Crippen molar-refractivity contribution < 1.29 is 19.7 Å². The number of fused-ring (bicyclic) bond motifs is 1. The van der Waals surface area contributed by atoms with E-state index in [4.69, 9.17) is 4.74 Å². The molecule has 2 N–H and O–H groups in total. The predicted molar refractivity (Wildman–Crippen MR) is 134 cm³/mol. The summed E-state index contributed by atoms with van der Waals surface area (Å²) in [5.74, 6) is -0.349. The highest BCUT2D eigenvalue weighted by molar-refractivity contribution is 5.83. The van der Waals surface area contributed by atoms with Crippen molar-refractivity contribution in [2.24, 2.45) is 18.9 Å². The molecule has 1 aromatic carbocycles. The maximum absolute atomic E-state index is 12.1. The van der Waals surface area contributed by atoms with E-state index in [2.05, 4.69) is 14.9 Å². The summed E-state index contributed by atoms with van der Waals surface area (Å²) in [7, 11) is 3.63. The van der Waals surface area contributed by atoms with Gasteiger partial charge in [0.2, 0.25) is 0 Å². The quantitative estimate of drug-likeness (QED) is 0.402. The minimum absolute atomic E-state index is 0.0653. The summed E-state index contributed by atoms with van der Waals surface area (Å²) in [6.07, 6.45) is 9.91. The van der Waals surface area contributed by atoms with E-state index in [0.29, 0.717) is 19.4 Å². The second-order valence-corrected chi connectivity index (χ2v) is 9.62. The summed E-state index contributed by atoms with van der Waals surface area (Å²) >= 11 is 0. The highest BCUT2D eigenvalue weighted by atomic mass is 16.5. The van der Waals surface area contributed by atoms with Crippen LogP contribution in [0, 0.1) is 11.8 Å². The summed E-state index contributed by atoms with van der Waals surface area (Å²) in [6.45, 7) is 2.41. The molecule has 3 aromatic rings. The van der Waals surface area contributed by atoms with Gasteiger partial charge in [-0.1, -0.05) is 0 Å². The third kappa shape index (κ3) is 6.18. The number of carboxylic acids is 1. The number of aryl methyl sites for hydroxylation is 2. The first-order chi connectivity index (χ1) is 17.0. The van der Waals surface area contributed by atoms with Crippen molar-refractivity contribution >= 4 is 16.9 Å². The van der Waals surface area contributed by atoms with E-state index < -0.39 is 18.0 Å². The summed E-state index contributed by atoms with van der Waals surface area (Å²) in [5, 5.41) is 21.8. The SMILES string of the molecule is COc1ccc2nccc([C@@H](O)CC[C@@H]3CCN(CCCCc4cncn4C)C[C@@H]3C(=O)O)c2c1. The van der Waals surface area contributed by atoms with E-state index >= 15 is 0 Å². The lowest BCUT2D eigenvalue weighted by atomic mass is 9.81. The van der Waals surface area contributed by atoms with E-state index in [0.717, 1.165) is 61.0 Å². The first-order valence-electron chi connectivity index (χ1n) is 12.5. The van der Waals surface area contributed by atoms with E-state index in [-0.39, 0.29) is 5.92 Å². The number of pyridine rings is 1. The molecule has 8 heteroatoms. The second-order valence-electron chi connectivity index (χ2n) is 9.62. The largest absolute Gasteiger partial charge is 0.497 e. The second kappa shape index (κ2) is 11.6. The molecular weight excluding hydrogens is 444 g/mol. The van der Waals surface area contributed by atoms with E-state index in [1.54, 1.807) is 13.3 Å². The molecule has 0 radical (unpaired) electrons. The first-order valence-corrected chi connectivity index (χ1v) is 12.5. The molecule has 1 aliphatic rings. The Hall–Kier alpha value is -2.97. The Balaban J connectivity index is 1.30. The zero-order valence-corrected chi connectivity index (χ0v) is 20.6. The smallest absolute Gasteiger partial charge is 0.308 e. The van der Waals surface area contributed by atoms with Gasteiger partial charge in [0.15, 0.2) is 0 Å². The van der Waals surface area contributed by atoms with Crippen LogP contribution in [0.2, 0.25) is 0 Å². The molecule has 2 aromatic heterocycles. The standard InChI is InChI=1S/C27H36N4O4/c1-30-18-28-16-20(30)5-3-4-13-31-14-11-19(24(17-31)27(33)34)6-9-26(32)22-10-12-29-25-8-7-21(35-2)15-23(22)25/h7-8,10,12,15-16,18-19,24,26,32H,3-6,9,11,13-14,17H2,1-2H3,(H,33,34)/t19-,24+,26+/m1/s1. The lowest BCUT2D eigenvalue weighted by Crippen LogP contribution is -2.44. The number of methoxy groups -OCH3 is 1. The van der Waals surface area contributed by atoms with Crippen molar-refractivity contribution in [1.29, 1.82) is 0 Å². The fourth-order valence-corrected chi connectivity index (χ4v) is 5.26. The number of piperidine rings is 1. The van der Waals surface area contributed by atoms with Gasteiger partial charge < -0.3 is 24.4 Å². The van der Waals surface area contributed by atoms with Crippen LogP contribution >= 0.6 is 0 Å². The minimum Gasteiger partial charge on any atom is -0.497 e. The average molecular weight is 481 g/mol. The number of benzene rings is 1. The Labute approximate surface area is 206 Å². The predicted octanol–water partition coefficient (Wildman–Crippen LogP) is 3.84. The van der Waals surface area contributed by atoms with Crippen molar-refractivity contribution in [3.63, 3.8) is 0 Å². The molecular formula is C27H36N4O4. The maximum atomic E-state index is 12.1. The van der Waals surface area contributed by atoms with E-state index in [9.17, 15) is 15.0 Å². The molecule has 3 heterocycles. The molecule has 3 atom stereocenters. The molecule has 4 rings (SSSR count). The van der Waals surface area contributed by atoms with Gasteiger partial charge in [-0.2, -0.15) is 0 Å². The van der Waals surface area contributed by atoms with Crippen LogP contribution in [-0.2, 0) is 18.3 Å². The van der Waals surface area contributed by atoms with Crippen LogP contribution in [0.15, 0.2) is 43.0 Å². The van der Waals surface area contributed by atoms with Crippen LogP contribution in [0.5, 0.6) is 5.75 Å². The van der Waals surface area contributed by atoms with Gasteiger partial charge in [0.25, 0.3) is 0 Å². The van der Waals surface area contributed by atoms with Crippen molar-refractivity contribution in [2.45, 2.75) is 44.6 Å². The minimum atomic E-state index is -0.733. The number of unbranched alkanes of at least 4 members (excludes halogenated alkanes) is 1. The van der Waals surface area contributed by atoms with Gasteiger partial charge in [-0.3, -0.25) is 9.78 Å². The number of imidazole rings is 1. The molecule has 35 heavy (non-hydrogen) atoms. The summed E-state index contributed by atoms with van der Waals surface area (Å²) in [6, 6.07) is 7.48. The van der Waals surface area contributed by atoms with Crippen LogP contribution < -0.4 is 4.74 Å².